The number of hydrogen-bond donors (Lipinski definition) is 0. The summed E-state index contributed by atoms with van der Waals surface area (Å²) in [5.41, 5.74) is -5.18. The van der Waals surface area contributed by atoms with Crippen molar-refractivity contribution in [2.45, 2.75) is 68.0 Å². The summed E-state index contributed by atoms with van der Waals surface area (Å²) in [6.45, 7) is 0. The summed E-state index contributed by atoms with van der Waals surface area (Å²) in [5, 5.41) is 35.1. The average molecular weight is 498 g/mol. The first-order valence-corrected chi connectivity index (χ1v) is 9.95. The Kier molecular flexibility index (Phi) is 5.48. The van der Waals surface area contributed by atoms with Crippen LogP contribution in [0.5, 0.6) is 0 Å². The molecule has 1 aromatic rings. The van der Waals surface area contributed by atoms with E-state index in [1.54, 1.807) is 0 Å². The lowest BCUT2D eigenvalue weighted by Crippen LogP contribution is -2.70. The number of rotatable bonds is 7. The van der Waals surface area contributed by atoms with Crippen LogP contribution in [0.3, 0.4) is 0 Å². The molecule has 0 spiro atoms. The van der Waals surface area contributed by atoms with Gasteiger partial charge in [0.25, 0.3) is 5.54 Å². The zero-order valence-electron chi connectivity index (χ0n) is 17.0. The summed E-state index contributed by atoms with van der Waals surface area (Å²) in [5.74, 6) is -15.7. The molecule has 2 saturated carbocycles. The lowest BCUT2D eigenvalue weighted by molar-refractivity contribution is -0.855. The van der Waals surface area contributed by atoms with E-state index in [-0.39, 0.29) is 30.9 Å². The maximum Gasteiger partial charge on any atom is 0.569 e. The van der Waals surface area contributed by atoms with E-state index in [1.807, 2.05) is 0 Å². The van der Waals surface area contributed by atoms with Gasteiger partial charge in [0, 0.05) is 17.8 Å². The Morgan fingerprint density at radius 1 is 0.794 bits per heavy atom. The molecule has 0 amide bonds. The number of hydroxylamine groups is 2. The zero-order valence-corrected chi connectivity index (χ0v) is 17.0. The van der Waals surface area contributed by atoms with E-state index in [4.69, 9.17) is 9.68 Å². The van der Waals surface area contributed by atoms with E-state index in [1.165, 1.54) is 0 Å². The van der Waals surface area contributed by atoms with Gasteiger partial charge in [-0.15, -0.1) is 0 Å². The highest BCUT2D eigenvalue weighted by Gasteiger charge is 2.77. The minimum Gasteiger partial charge on any atom is -0.264 e. The van der Waals surface area contributed by atoms with Gasteiger partial charge in [0.2, 0.25) is 5.82 Å². The van der Waals surface area contributed by atoms with Gasteiger partial charge in [0.1, 0.15) is 22.4 Å². The standard InChI is InChI=1S/C17H15F5N4O8/c18-10-9(11(19)13(21)14(22)12(10)20)8-7-17(24(29)30,25(31)32)26(33-8)34-16(5-2-6-16)15(23(27)28)3-1-4-15/h8H,1-7H2/t8-/m0/s1. The molecule has 1 aliphatic heterocycles. The first-order chi connectivity index (χ1) is 15.8. The van der Waals surface area contributed by atoms with E-state index < -0.39 is 78.9 Å². The second kappa shape index (κ2) is 7.74. The van der Waals surface area contributed by atoms with E-state index >= 15 is 0 Å². The van der Waals surface area contributed by atoms with E-state index in [0.717, 1.165) is 0 Å². The number of nitrogens with zero attached hydrogens (tertiary/aromatic N) is 4. The Bertz CT molecular complexity index is 1050. The lowest BCUT2D eigenvalue weighted by Gasteiger charge is -2.53. The molecule has 3 fully saturated rings. The normalized spacial score (nSPS) is 24.8. The molecule has 0 N–H and O–H groups in total. The van der Waals surface area contributed by atoms with Crippen molar-refractivity contribution in [1.82, 2.24) is 5.23 Å². The van der Waals surface area contributed by atoms with Gasteiger partial charge in [0.15, 0.2) is 28.9 Å². The molecule has 0 bridgehead atoms. The van der Waals surface area contributed by atoms with Gasteiger partial charge in [-0.1, -0.05) is 0 Å². The summed E-state index contributed by atoms with van der Waals surface area (Å²) >= 11 is 0. The molecule has 0 aromatic heterocycles. The van der Waals surface area contributed by atoms with E-state index in [0.29, 0.717) is 12.8 Å². The third-order valence-corrected chi connectivity index (χ3v) is 6.92. The van der Waals surface area contributed by atoms with Crippen molar-refractivity contribution in [3.63, 3.8) is 0 Å². The quantitative estimate of drug-likeness (QED) is 0.138. The average Bonchev–Trinajstić information content (AvgIpc) is 3.08. The van der Waals surface area contributed by atoms with Gasteiger partial charge < -0.3 is 0 Å². The van der Waals surface area contributed by atoms with Crippen LogP contribution in [0.25, 0.3) is 0 Å². The molecule has 34 heavy (non-hydrogen) atoms. The van der Waals surface area contributed by atoms with Crippen LogP contribution in [0.1, 0.15) is 56.6 Å². The number of hydrogen-bond acceptors (Lipinski definition) is 9. The molecule has 2 aliphatic carbocycles. The Hall–Kier alpha value is -3.05. The smallest absolute Gasteiger partial charge is 0.264 e. The molecule has 1 heterocycles. The topological polar surface area (TPSA) is 151 Å². The molecule has 0 radical (unpaired) electrons. The van der Waals surface area contributed by atoms with Crippen LogP contribution in [-0.2, 0) is 9.68 Å². The van der Waals surface area contributed by atoms with Crippen molar-refractivity contribution < 1.29 is 46.4 Å². The van der Waals surface area contributed by atoms with Crippen LogP contribution in [0.4, 0.5) is 22.0 Å². The predicted molar refractivity (Wildman–Crippen MR) is 94.5 cm³/mol. The summed E-state index contributed by atoms with van der Waals surface area (Å²) < 4.78 is 69.4. The number of halogens is 5. The summed E-state index contributed by atoms with van der Waals surface area (Å²) in [4.78, 5) is 42.1. The zero-order chi connectivity index (χ0) is 25.2. The maximum absolute atomic E-state index is 14.3. The second-order valence-corrected chi connectivity index (χ2v) is 8.41. The van der Waals surface area contributed by atoms with Gasteiger partial charge in [-0.2, -0.15) is 0 Å². The molecule has 1 atom stereocenters. The molecule has 4 rings (SSSR count). The first-order valence-electron chi connectivity index (χ1n) is 9.95. The van der Waals surface area contributed by atoms with Crippen LogP contribution in [0, 0.1) is 59.4 Å². The summed E-state index contributed by atoms with van der Waals surface area (Å²) in [6, 6.07) is 0. The fourth-order valence-electron chi connectivity index (χ4n) is 4.68. The van der Waals surface area contributed by atoms with Crippen molar-refractivity contribution in [2.24, 2.45) is 0 Å². The Morgan fingerprint density at radius 2 is 1.26 bits per heavy atom. The molecule has 3 aliphatic rings. The lowest BCUT2D eigenvalue weighted by atomic mass is 9.57. The number of benzene rings is 1. The molecule has 17 heteroatoms. The summed E-state index contributed by atoms with van der Waals surface area (Å²) in [7, 11) is 0. The van der Waals surface area contributed by atoms with Crippen molar-refractivity contribution >= 4 is 0 Å². The molecule has 186 valence electrons. The van der Waals surface area contributed by atoms with E-state index in [2.05, 4.69) is 0 Å². The van der Waals surface area contributed by atoms with E-state index in [9.17, 15) is 52.3 Å². The van der Waals surface area contributed by atoms with Gasteiger partial charge in [-0.25, -0.2) is 26.8 Å². The molecular weight excluding hydrogens is 483 g/mol. The highest BCUT2D eigenvalue weighted by Crippen LogP contribution is 2.57. The molecule has 1 saturated heterocycles. The minimum absolute atomic E-state index is 0.00115. The third-order valence-electron chi connectivity index (χ3n) is 6.92. The Balaban J connectivity index is 1.80. The molecule has 0 unspecified atom stereocenters. The van der Waals surface area contributed by atoms with Crippen molar-refractivity contribution in [3.05, 3.63) is 65.0 Å². The van der Waals surface area contributed by atoms with Gasteiger partial charge in [0.05, 0.1) is 10.8 Å². The molecule has 1 aromatic carbocycles. The predicted octanol–water partition coefficient (Wildman–Crippen LogP) is 3.32. The van der Waals surface area contributed by atoms with Crippen LogP contribution < -0.4 is 0 Å². The third kappa shape index (κ3) is 2.92. The molecular formula is C17H15F5N4O8. The fourth-order valence-corrected chi connectivity index (χ4v) is 4.68. The van der Waals surface area contributed by atoms with Crippen molar-refractivity contribution in [3.8, 4) is 0 Å². The molecule has 12 nitrogen and oxygen atoms in total. The minimum atomic E-state index is -3.59. The first kappa shape index (κ1) is 24.1. The van der Waals surface area contributed by atoms with Gasteiger partial charge in [-0.05, 0) is 25.7 Å². The maximum atomic E-state index is 14.3. The highest BCUT2D eigenvalue weighted by atomic mass is 19.2. The number of nitro groups is 3. The highest BCUT2D eigenvalue weighted by molar-refractivity contribution is 5.27. The van der Waals surface area contributed by atoms with Gasteiger partial charge in [-0.3, -0.25) is 35.2 Å². The Morgan fingerprint density at radius 3 is 1.62 bits per heavy atom. The Labute approximate surface area is 185 Å². The largest absolute Gasteiger partial charge is 0.569 e. The van der Waals surface area contributed by atoms with Crippen LogP contribution >= 0.6 is 0 Å². The van der Waals surface area contributed by atoms with Crippen molar-refractivity contribution in [1.29, 1.82) is 0 Å². The van der Waals surface area contributed by atoms with Crippen LogP contribution in [-0.4, -0.2) is 36.9 Å². The SMILES string of the molecule is O=[N+]([O-])C1([N+](=O)[O-])C[C@@H](c2c(F)c(F)c(F)c(F)c2F)ON1OC1(C2([N+](=O)[O-])CCC2)CCC1. The van der Waals surface area contributed by atoms with Crippen LogP contribution in [0.2, 0.25) is 0 Å². The summed E-state index contributed by atoms with van der Waals surface area (Å²) in [6.07, 6.45) is -3.22. The van der Waals surface area contributed by atoms with Gasteiger partial charge >= 0.3 is 5.79 Å². The second-order valence-electron chi connectivity index (χ2n) is 8.41. The van der Waals surface area contributed by atoms with Crippen molar-refractivity contribution in [2.75, 3.05) is 0 Å². The fraction of sp³-hybridized carbons (Fsp3) is 0.647. The van der Waals surface area contributed by atoms with Crippen LogP contribution in [0.15, 0.2) is 0 Å². The monoisotopic (exact) mass is 498 g/mol.